The van der Waals surface area contributed by atoms with Crippen LogP contribution in [0.1, 0.15) is 11.3 Å². The highest BCUT2D eigenvalue weighted by atomic mass is 79.9. The molecule has 1 N–H and O–H groups in total. The largest absolute Gasteiger partial charge is 0.497 e. The molecule has 0 amide bonds. The van der Waals surface area contributed by atoms with Gasteiger partial charge in [-0.25, -0.2) is 0 Å². The fourth-order valence-electron chi connectivity index (χ4n) is 2.14. The predicted molar refractivity (Wildman–Crippen MR) is 87.8 cm³/mol. The van der Waals surface area contributed by atoms with E-state index >= 15 is 0 Å². The number of nitrogens with zero attached hydrogens (tertiary/aromatic N) is 1. The van der Waals surface area contributed by atoms with Crippen LogP contribution in [0.5, 0.6) is 5.75 Å². The van der Waals surface area contributed by atoms with Crippen molar-refractivity contribution in [2.45, 2.75) is 13.1 Å². The fourth-order valence-corrected chi connectivity index (χ4v) is 2.51. The van der Waals surface area contributed by atoms with Gasteiger partial charge in [0.2, 0.25) is 0 Å². The van der Waals surface area contributed by atoms with Crippen molar-refractivity contribution < 1.29 is 9.47 Å². The van der Waals surface area contributed by atoms with E-state index < -0.39 is 0 Å². The summed E-state index contributed by atoms with van der Waals surface area (Å²) < 4.78 is 13.7. The molecule has 0 atom stereocenters. The molecule has 0 saturated carbocycles. The first-order valence-electron chi connectivity index (χ1n) is 6.90. The third-order valence-electron chi connectivity index (χ3n) is 3.31. The maximum absolute atomic E-state index is 5.29. The van der Waals surface area contributed by atoms with Crippen LogP contribution in [0.2, 0.25) is 0 Å². The van der Waals surface area contributed by atoms with E-state index in [1.807, 2.05) is 12.1 Å². The van der Waals surface area contributed by atoms with Gasteiger partial charge in [0.05, 0.1) is 13.7 Å². The minimum Gasteiger partial charge on any atom is -0.497 e. The average molecular weight is 353 g/mol. The molecule has 0 bridgehead atoms. The topological polar surface area (TPSA) is 35.4 Å². The van der Waals surface area contributed by atoms with Crippen LogP contribution >= 0.6 is 15.9 Å². The van der Waals surface area contributed by atoms with Crippen LogP contribution in [0, 0.1) is 0 Å². The maximum Gasteiger partial charge on any atom is 0.119 e. The summed E-state index contributed by atoms with van der Waals surface area (Å²) in [6, 6.07) is 10.2. The van der Waals surface area contributed by atoms with Gasteiger partial charge in [0.25, 0.3) is 0 Å². The van der Waals surface area contributed by atoms with E-state index in [1.54, 1.807) is 14.2 Å². The second-order valence-corrected chi connectivity index (χ2v) is 5.61. The predicted octanol–water partition coefficient (Wildman–Crippen LogP) is 3.04. The molecule has 1 aromatic heterocycles. The van der Waals surface area contributed by atoms with Gasteiger partial charge in [-0.15, -0.1) is 0 Å². The molecular weight excluding hydrogens is 332 g/mol. The van der Waals surface area contributed by atoms with Gasteiger partial charge in [0, 0.05) is 43.1 Å². The number of hydrogen-bond donors (Lipinski definition) is 1. The SMILES string of the molecule is COCCNCc1cccn1Cc1cc(OC)ccc1Br. The van der Waals surface area contributed by atoms with Crippen molar-refractivity contribution in [2.24, 2.45) is 0 Å². The highest BCUT2D eigenvalue weighted by Gasteiger charge is 2.06. The first-order chi connectivity index (χ1) is 10.2. The second kappa shape index (κ2) is 8.22. The molecule has 5 heteroatoms. The summed E-state index contributed by atoms with van der Waals surface area (Å²) in [5.74, 6) is 0.875. The maximum atomic E-state index is 5.29. The van der Waals surface area contributed by atoms with Crippen molar-refractivity contribution in [2.75, 3.05) is 27.4 Å². The van der Waals surface area contributed by atoms with E-state index in [4.69, 9.17) is 9.47 Å². The number of hydrogen-bond acceptors (Lipinski definition) is 3. The number of aromatic nitrogens is 1. The van der Waals surface area contributed by atoms with Gasteiger partial charge in [0.1, 0.15) is 5.75 Å². The Morgan fingerprint density at radius 2 is 2.10 bits per heavy atom. The lowest BCUT2D eigenvalue weighted by atomic mass is 10.2. The molecule has 0 aliphatic heterocycles. The normalized spacial score (nSPS) is 10.8. The Morgan fingerprint density at radius 1 is 1.24 bits per heavy atom. The average Bonchev–Trinajstić information content (AvgIpc) is 2.93. The number of benzene rings is 1. The van der Waals surface area contributed by atoms with Crippen molar-refractivity contribution in [3.8, 4) is 5.75 Å². The lowest BCUT2D eigenvalue weighted by molar-refractivity contribution is 0.199. The van der Waals surface area contributed by atoms with Crippen LogP contribution in [-0.4, -0.2) is 31.9 Å². The van der Waals surface area contributed by atoms with E-state index in [9.17, 15) is 0 Å². The van der Waals surface area contributed by atoms with Crippen LogP contribution < -0.4 is 10.1 Å². The van der Waals surface area contributed by atoms with Crippen LogP contribution in [0.3, 0.4) is 0 Å². The Labute approximate surface area is 134 Å². The highest BCUT2D eigenvalue weighted by Crippen LogP contribution is 2.23. The molecule has 21 heavy (non-hydrogen) atoms. The van der Waals surface area contributed by atoms with E-state index in [2.05, 4.69) is 50.2 Å². The molecule has 0 spiro atoms. The number of rotatable bonds is 8. The standard InChI is InChI=1S/C16H21BrN2O2/c1-20-9-7-18-11-14-4-3-8-19(14)12-13-10-15(21-2)5-6-16(13)17/h3-6,8,10,18H,7,9,11-12H2,1-2H3. The van der Waals surface area contributed by atoms with E-state index in [1.165, 1.54) is 11.3 Å². The molecule has 0 aliphatic rings. The second-order valence-electron chi connectivity index (χ2n) is 4.75. The minimum absolute atomic E-state index is 0.724. The van der Waals surface area contributed by atoms with Gasteiger partial charge in [-0.1, -0.05) is 15.9 Å². The van der Waals surface area contributed by atoms with Crippen molar-refractivity contribution in [3.63, 3.8) is 0 Å². The molecule has 2 rings (SSSR count). The molecule has 1 heterocycles. The van der Waals surface area contributed by atoms with Crippen molar-refractivity contribution in [3.05, 3.63) is 52.3 Å². The number of nitrogens with one attached hydrogen (secondary N) is 1. The van der Waals surface area contributed by atoms with Gasteiger partial charge in [-0.05, 0) is 35.9 Å². The zero-order valence-electron chi connectivity index (χ0n) is 12.4. The molecule has 0 unspecified atom stereocenters. The zero-order valence-corrected chi connectivity index (χ0v) is 14.0. The number of methoxy groups -OCH3 is 2. The molecule has 1 aromatic carbocycles. The van der Waals surface area contributed by atoms with Crippen LogP contribution in [0.25, 0.3) is 0 Å². The first kappa shape index (κ1) is 16.1. The Hall–Kier alpha value is -1.30. The summed E-state index contributed by atoms with van der Waals surface area (Å²) in [4.78, 5) is 0. The summed E-state index contributed by atoms with van der Waals surface area (Å²) in [6.07, 6.45) is 2.10. The summed E-state index contributed by atoms with van der Waals surface area (Å²) in [5.41, 5.74) is 2.45. The first-order valence-corrected chi connectivity index (χ1v) is 7.70. The monoisotopic (exact) mass is 352 g/mol. The lowest BCUT2D eigenvalue weighted by Crippen LogP contribution is -2.20. The molecule has 114 valence electrons. The molecule has 0 fully saturated rings. The van der Waals surface area contributed by atoms with Gasteiger partial charge in [-0.3, -0.25) is 0 Å². The molecular formula is C16H21BrN2O2. The quantitative estimate of drug-likeness (QED) is 0.741. The van der Waals surface area contributed by atoms with E-state index in [0.717, 1.165) is 36.5 Å². The van der Waals surface area contributed by atoms with Crippen LogP contribution in [-0.2, 0) is 17.8 Å². The summed E-state index contributed by atoms with van der Waals surface area (Å²) in [7, 11) is 3.40. The lowest BCUT2D eigenvalue weighted by Gasteiger charge is -2.12. The van der Waals surface area contributed by atoms with Gasteiger partial charge >= 0.3 is 0 Å². The summed E-state index contributed by atoms with van der Waals surface area (Å²) >= 11 is 3.60. The summed E-state index contributed by atoms with van der Waals surface area (Å²) in [6.45, 7) is 3.22. The fraction of sp³-hybridized carbons (Fsp3) is 0.375. The highest BCUT2D eigenvalue weighted by molar-refractivity contribution is 9.10. The minimum atomic E-state index is 0.724. The molecule has 0 saturated heterocycles. The van der Waals surface area contributed by atoms with Crippen LogP contribution in [0.15, 0.2) is 41.0 Å². The smallest absolute Gasteiger partial charge is 0.119 e. The van der Waals surface area contributed by atoms with Crippen molar-refractivity contribution in [1.29, 1.82) is 0 Å². The van der Waals surface area contributed by atoms with Crippen molar-refractivity contribution >= 4 is 15.9 Å². The summed E-state index contributed by atoms with van der Waals surface area (Å²) in [5, 5.41) is 3.37. The van der Waals surface area contributed by atoms with Gasteiger partial charge in [0.15, 0.2) is 0 Å². The van der Waals surface area contributed by atoms with E-state index in [-0.39, 0.29) is 0 Å². The Morgan fingerprint density at radius 3 is 2.86 bits per heavy atom. The van der Waals surface area contributed by atoms with Crippen LogP contribution in [0.4, 0.5) is 0 Å². The van der Waals surface area contributed by atoms with Gasteiger partial charge < -0.3 is 19.4 Å². The third-order valence-corrected chi connectivity index (χ3v) is 4.08. The Kier molecular flexibility index (Phi) is 6.29. The third kappa shape index (κ3) is 4.59. The van der Waals surface area contributed by atoms with Gasteiger partial charge in [-0.2, -0.15) is 0 Å². The molecule has 4 nitrogen and oxygen atoms in total. The van der Waals surface area contributed by atoms with E-state index in [0.29, 0.717) is 0 Å². The molecule has 2 aromatic rings. The Balaban J connectivity index is 2.04. The molecule has 0 aliphatic carbocycles. The zero-order chi connectivity index (χ0) is 15.1. The van der Waals surface area contributed by atoms with Crippen molar-refractivity contribution in [1.82, 2.24) is 9.88 Å². The number of ether oxygens (including phenoxy) is 2. The molecule has 0 radical (unpaired) electrons. The Bertz CT molecular complexity index is 569. The number of halogens is 1.